The Bertz CT molecular complexity index is 1130. The SMILES string of the molecule is CC1=C(F)C(C)(C)C#CC(N2C[C@H]3C(=O)N(C)C(=N)N[C@@]3(c3ccc(C#N)s3)C2)=N1. The average Bonchev–Trinajstić information content (AvgIpc) is 3.32. The number of halogens is 1. The lowest BCUT2D eigenvalue weighted by Gasteiger charge is -2.42. The molecule has 1 aromatic rings. The monoisotopic (exact) mass is 424 g/mol. The van der Waals surface area contributed by atoms with Crippen molar-refractivity contribution in [2.45, 2.75) is 26.3 Å². The fourth-order valence-corrected chi connectivity index (χ4v) is 5.12. The zero-order valence-corrected chi connectivity index (χ0v) is 17.9. The number of guanidine groups is 1. The van der Waals surface area contributed by atoms with E-state index in [0.29, 0.717) is 23.8 Å². The lowest BCUT2D eigenvalue weighted by Crippen LogP contribution is -2.64. The van der Waals surface area contributed by atoms with Gasteiger partial charge in [-0.3, -0.25) is 15.1 Å². The van der Waals surface area contributed by atoms with Gasteiger partial charge in [0.25, 0.3) is 0 Å². The van der Waals surface area contributed by atoms with Crippen molar-refractivity contribution in [3.63, 3.8) is 0 Å². The molecular weight excluding hydrogens is 403 g/mol. The molecule has 0 radical (unpaired) electrons. The molecule has 0 saturated carbocycles. The van der Waals surface area contributed by atoms with Crippen molar-refractivity contribution < 1.29 is 9.18 Å². The van der Waals surface area contributed by atoms with E-state index in [4.69, 9.17) is 5.41 Å². The van der Waals surface area contributed by atoms with Crippen molar-refractivity contribution in [1.82, 2.24) is 15.1 Å². The van der Waals surface area contributed by atoms with E-state index in [1.807, 2.05) is 11.0 Å². The fourth-order valence-electron chi connectivity index (χ4n) is 4.12. The standard InChI is InChI=1S/C21H21FN6OS/c1-12-17(22)20(2,3)8-7-16(25-12)28-10-14-18(29)27(4)19(24)26-21(14,11-28)15-6-5-13(9-23)30-15/h5-6,14H,10-11H2,1-4H3,(H2,24,26)/t14-,21-/m0/s1. The summed E-state index contributed by atoms with van der Waals surface area (Å²) in [5, 5.41) is 20.7. The molecule has 2 saturated heterocycles. The molecule has 4 rings (SSSR count). The van der Waals surface area contributed by atoms with Crippen LogP contribution in [0.2, 0.25) is 0 Å². The van der Waals surface area contributed by atoms with E-state index in [1.165, 1.54) is 16.2 Å². The highest BCUT2D eigenvalue weighted by molar-refractivity contribution is 7.12. The van der Waals surface area contributed by atoms with Gasteiger partial charge in [0.1, 0.15) is 22.3 Å². The molecule has 0 unspecified atom stereocenters. The van der Waals surface area contributed by atoms with Crippen LogP contribution in [0.4, 0.5) is 4.39 Å². The first-order valence-corrected chi connectivity index (χ1v) is 10.3. The molecular formula is C21H21FN6OS. The van der Waals surface area contributed by atoms with E-state index in [9.17, 15) is 14.4 Å². The van der Waals surface area contributed by atoms with Crippen molar-refractivity contribution in [3.05, 3.63) is 33.4 Å². The minimum absolute atomic E-state index is 0.00199. The number of thiophene rings is 1. The Hall–Kier alpha value is -3.17. The Morgan fingerprint density at radius 2 is 2.20 bits per heavy atom. The Labute approximate surface area is 178 Å². The predicted octanol–water partition coefficient (Wildman–Crippen LogP) is 2.39. The van der Waals surface area contributed by atoms with E-state index >= 15 is 0 Å². The molecule has 0 aliphatic carbocycles. The van der Waals surface area contributed by atoms with Gasteiger partial charge in [0.05, 0.1) is 17.0 Å². The number of aliphatic imine (C=N–C) groups is 1. The van der Waals surface area contributed by atoms with Crippen LogP contribution in [0.15, 0.2) is 28.6 Å². The van der Waals surface area contributed by atoms with Gasteiger partial charge in [0.2, 0.25) is 5.91 Å². The maximum absolute atomic E-state index is 14.6. The topological polar surface area (TPSA) is 95.6 Å². The van der Waals surface area contributed by atoms with Crippen molar-refractivity contribution >= 4 is 29.0 Å². The Morgan fingerprint density at radius 3 is 2.87 bits per heavy atom. The number of nitrogens with zero attached hydrogens (tertiary/aromatic N) is 4. The first-order chi connectivity index (χ1) is 14.1. The summed E-state index contributed by atoms with van der Waals surface area (Å²) in [5.74, 6) is 5.29. The minimum atomic E-state index is -0.939. The van der Waals surface area contributed by atoms with E-state index in [2.05, 4.69) is 28.2 Å². The molecule has 3 aliphatic heterocycles. The van der Waals surface area contributed by atoms with Crippen LogP contribution in [-0.4, -0.2) is 47.6 Å². The van der Waals surface area contributed by atoms with Crippen molar-refractivity contribution in [1.29, 1.82) is 10.7 Å². The molecule has 2 fully saturated rings. The molecule has 4 heterocycles. The maximum atomic E-state index is 14.6. The van der Waals surface area contributed by atoms with Crippen LogP contribution >= 0.6 is 11.3 Å². The first kappa shape index (κ1) is 20.1. The summed E-state index contributed by atoms with van der Waals surface area (Å²) in [4.78, 5) is 22.0. The summed E-state index contributed by atoms with van der Waals surface area (Å²) in [6, 6.07) is 5.68. The zero-order valence-electron chi connectivity index (χ0n) is 17.1. The third-order valence-electron chi connectivity index (χ3n) is 5.83. The summed E-state index contributed by atoms with van der Waals surface area (Å²) < 4.78 is 14.6. The van der Waals surface area contributed by atoms with E-state index < -0.39 is 16.9 Å². The second-order valence-electron chi connectivity index (χ2n) is 8.26. The van der Waals surface area contributed by atoms with Crippen LogP contribution in [0, 0.1) is 39.9 Å². The molecule has 2 atom stereocenters. The zero-order chi connectivity index (χ0) is 21.8. The Balaban J connectivity index is 1.80. The third kappa shape index (κ3) is 2.89. The molecule has 3 aliphatic rings. The average molecular weight is 425 g/mol. The molecule has 9 heteroatoms. The fraction of sp³-hybridized carbons (Fsp3) is 0.429. The van der Waals surface area contributed by atoms with Gasteiger partial charge in [0, 0.05) is 25.0 Å². The number of rotatable bonds is 1. The minimum Gasteiger partial charge on any atom is -0.346 e. The first-order valence-electron chi connectivity index (χ1n) is 9.47. The molecule has 1 amide bonds. The maximum Gasteiger partial charge on any atom is 0.236 e. The Morgan fingerprint density at radius 1 is 1.47 bits per heavy atom. The normalized spacial score (nSPS) is 27.6. The predicted molar refractivity (Wildman–Crippen MR) is 112 cm³/mol. The van der Waals surface area contributed by atoms with Crippen LogP contribution in [-0.2, 0) is 10.3 Å². The van der Waals surface area contributed by atoms with Gasteiger partial charge in [-0.15, -0.1) is 11.3 Å². The van der Waals surface area contributed by atoms with E-state index in [-0.39, 0.29) is 23.4 Å². The van der Waals surface area contributed by atoms with Crippen LogP contribution in [0.3, 0.4) is 0 Å². The van der Waals surface area contributed by atoms with Crippen molar-refractivity contribution in [2.24, 2.45) is 16.3 Å². The molecule has 0 bridgehead atoms. The summed E-state index contributed by atoms with van der Waals surface area (Å²) in [6.07, 6.45) is 0. The van der Waals surface area contributed by atoms with Gasteiger partial charge in [-0.05, 0) is 38.8 Å². The van der Waals surface area contributed by atoms with E-state index in [1.54, 1.807) is 33.9 Å². The number of allylic oxidation sites excluding steroid dienone is 2. The highest BCUT2D eigenvalue weighted by atomic mass is 32.1. The van der Waals surface area contributed by atoms with Crippen LogP contribution in [0.25, 0.3) is 0 Å². The van der Waals surface area contributed by atoms with Crippen LogP contribution < -0.4 is 5.32 Å². The largest absolute Gasteiger partial charge is 0.346 e. The molecule has 0 spiro atoms. The van der Waals surface area contributed by atoms with Crippen LogP contribution in [0.5, 0.6) is 0 Å². The lowest BCUT2D eigenvalue weighted by atomic mass is 9.83. The lowest BCUT2D eigenvalue weighted by molar-refractivity contribution is -0.134. The van der Waals surface area contributed by atoms with E-state index in [0.717, 1.165) is 4.88 Å². The number of carbonyl (C=O) groups is 1. The molecule has 154 valence electrons. The molecule has 2 N–H and O–H groups in total. The summed E-state index contributed by atoms with van der Waals surface area (Å²) >= 11 is 1.30. The number of nitriles is 1. The van der Waals surface area contributed by atoms with Gasteiger partial charge in [0.15, 0.2) is 11.8 Å². The van der Waals surface area contributed by atoms with Gasteiger partial charge in [-0.1, -0.05) is 5.92 Å². The van der Waals surface area contributed by atoms with Gasteiger partial charge >= 0.3 is 0 Å². The smallest absolute Gasteiger partial charge is 0.236 e. The number of hydrogen-bond acceptors (Lipinski definition) is 6. The van der Waals surface area contributed by atoms with Gasteiger partial charge in [-0.2, -0.15) is 5.26 Å². The number of hydrogen-bond donors (Lipinski definition) is 2. The number of carbonyl (C=O) groups excluding carboxylic acids is 1. The number of amides is 1. The van der Waals surface area contributed by atoms with Crippen molar-refractivity contribution in [2.75, 3.05) is 20.1 Å². The van der Waals surface area contributed by atoms with Crippen molar-refractivity contribution in [3.8, 4) is 17.9 Å². The summed E-state index contributed by atoms with van der Waals surface area (Å²) in [6.45, 7) is 5.67. The second-order valence-corrected chi connectivity index (χ2v) is 9.34. The molecule has 1 aromatic heterocycles. The number of nitrogens with one attached hydrogen (secondary N) is 2. The summed E-state index contributed by atoms with van der Waals surface area (Å²) in [5.41, 5.74) is -1.56. The highest BCUT2D eigenvalue weighted by Gasteiger charge is 2.57. The summed E-state index contributed by atoms with van der Waals surface area (Å²) in [7, 11) is 1.56. The number of fused-ring (bicyclic) bond motifs is 1. The molecule has 30 heavy (non-hydrogen) atoms. The van der Waals surface area contributed by atoms with Gasteiger partial charge < -0.3 is 10.2 Å². The molecule has 7 nitrogen and oxygen atoms in total. The number of likely N-dealkylation sites (tertiary alicyclic amines) is 1. The Kier molecular flexibility index (Phi) is 4.48. The molecule has 0 aromatic carbocycles. The van der Waals surface area contributed by atoms with Crippen LogP contribution in [0.1, 0.15) is 30.5 Å². The van der Waals surface area contributed by atoms with Gasteiger partial charge in [-0.25, -0.2) is 9.38 Å². The number of amidine groups is 1. The second kappa shape index (κ2) is 6.68. The highest BCUT2D eigenvalue weighted by Crippen LogP contribution is 2.43. The third-order valence-corrected chi connectivity index (χ3v) is 6.99. The quantitative estimate of drug-likeness (QED) is 0.677.